The minimum Gasteiger partial charge on any atom is -0.409 e. The molecule has 0 bridgehead atoms. The third kappa shape index (κ3) is 2.53. The van der Waals surface area contributed by atoms with E-state index in [1.807, 2.05) is 13.8 Å². The second kappa shape index (κ2) is 5.62. The van der Waals surface area contributed by atoms with Gasteiger partial charge in [0.2, 0.25) is 0 Å². The maximum absolute atomic E-state index is 9.00. The molecule has 1 saturated heterocycles. The molecule has 20 heavy (non-hydrogen) atoms. The molecular formula is C13H22N6O. The second-order valence-corrected chi connectivity index (χ2v) is 5.45. The van der Waals surface area contributed by atoms with Crippen molar-refractivity contribution in [1.29, 1.82) is 0 Å². The molecule has 7 heteroatoms. The Morgan fingerprint density at radius 2 is 2.10 bits per heavy atom. The maximum atomic E-state index is 9.00. The average molecular weight is 278 g/mol. The molecular weight excluding hydrogens is 256 g/mol. The second-order valence-electron chi connectivity index (χ2n) is 5.45. The predicted molar refractivity (Wildman–Crippen MR) is 78.3 cm³/mol. The first kappa shape index (κ1) is 14.5. The van der Waals surface area contributed by atoms with Crippen LogP contribution in [0.4, 0.5) is 5.82 Å². The number of nitrogens with two attached hydrogens (primary N) is 1. The van der Waals surface area contributed by atoms with Crippen LogP contribution in [0.1, 0.15) is 23.2 Å². The molecule has 0 amide bonds. The highest BCUT2D eigenvalue weighted by Gasteiger charge is 2.28. The van der Waals surface area contributed by atoms with Crippen molar-refractivity contribution in [3.63, 3.8) is 0 Å². The normalized spacial score (nSPS) is 19.9. The predicted octanol–water partition coefficient (Wildman–Crippen LogP) is 0.328. The monoisotopic (exact) mass is 278 g/mol. The first-order valence-electron chi connectivity index (χ1n) is 6.68. The molecule has 1 aliphatic heterocycles. The molecule has 0 radical (unpaired) electrons. The van der Waals surface area contributed by atoms with E-state index in [0.717, 1.165) is 30.8 Å². The van der Waals surface area contributed by atoms with Gasteiger partial charge in [-0.2, -0.15) is 5.10 Å². The number of hydrogen-bond acceptors (Lipinski definition) is 6. The van der Waals surface area contributed by atoms with Crippen molar-refractivity contribution >= 4 is 11.7 Å². The maximum Gasteiger partial charge on any atom is 0.174 e. The number of oxime groups is 1. The average Bonchev–Trinajstić information content (AvgIpc) is 2.90. The summed E-state index contributed by atoms with van der Waals surface area (Å²) in [6.07, 6.45) is 1.07. The lowest BCUT2D eigenvalue weighted by Crippen LogP contribution is -2.33. The van der Waals surface area contributed by atoms with Gasteiger partial charge in [0.1, 0.15) is 0 Å². The van der Waals surface area contributed by atoms with Crippen LogP contribution in [0.5, 0.6) is 0 Å². The van der Waals surface area contributed by atoms with Crippen molar-refractivity contribution in [3.05, 3.63) is 16.8 Å². The van der Waals surface area contributed by atoms with E-state index in [1.54, 1.807) is 0 Å². The zero-order valence-corrected chi connectivity index (χ0v) is 12.5. The van der Waals surface area contributed by atoms with Gasteiger partial charge in [-0.15, -0.1) is 5.10 Å². The minimum atomic E-state index is 0.0869. The fourth-order valence-electron chi connectivity index (χ4n) is 2.53. The molecule has 1 aliphatic rings. The Morgan fingerprint density at radius 3 is 2.65 bits per heavy atom. The summed E-state index contributed by atoms with van der Waals surface area (Å²) in [6.45, 7) is 5.55. The van der Waals surface area contributed by atoms with Gasteiger partial charge in [0.25, 0.3) is 0 Å². The number of aromatic nitrogens is 2. The van der Waals surface area contributed by atoms with Crippen LogP contribution in [0.15, 0.2) is 5.16 Å². The summed E-state index contributed by atoms with van der Waals surface area (Å²) < 4.78 is 0. The van der Waals surface area contributed by atoms with E-state index in [9.17, 15) is 0 Å². The summed E-state index contributed by atoms with van der Waals surface area (Å²) in [4.78, 5) is 4.36. The highest BCUT2D eigenvalue weighted by Crippen LogP contribution is 2.26. The molecule has 1 atom stereocenters. The molecule has 1 unspecified atom stereocenters. The number of hydrogen-bond donors (Lipinski definition) is 2. The van der Waals surface area contributed by atoms with Crippen molar-refractivity contribution < 1.29 is 5.21 Å². The van der Waals surface area contributed by atoms with Crippen LogP contribution >= 0.6 is 0 Å². The van der Waals surface area contributed by atoms with E-state index in [4.69, 9.17) is 10.9 Å². The quantitative estimate of drug-likeness (QED) is 0.358. The Kier molecular flexibility index (Phi) is 4.08. The van der Waals surface area contributed by atoms with Gasteiger partial charge in [-0.1, -0.05) is 5.16 Å². The number of likely N-dealkylation sites (N-methyl/N-ethyl adjacent to an activating group) is 1. The molecule has 110 valence electrons. The minimum absolute atomic E-state index is 0.0869. The fourth-order valence-corrected chi connectivity index (χ4v) is 2.53. The summed E-state index contributed by atoms with van der Waals surface area (Å²) in [5.74, 6) is 0.788. The van der Waals surface area contributed by atoms with Gasteiger partial charge >= 0.3 is 0 Å². The van der Waals surface area contributed by atoms with E-state index in [1.165, 1.54) is 0 Å². The van der Waals surface area contributed by atoms with Crippen molar-refractivity contribution in [2.75, 3.05) is 32.1 Å². The smallest absolute Gasteiger partial charge is 0.174 e. The van der Waals surface area contributed by atoms with Crippen molar-refractivity contribution in [2.24, 2.45) is 10.9 Å². The molecule has 0 aromatic carbocycles. The molecule has 1 fully saturated rings. The van der Waals surface area contributed by atoms with Crippen LogP contribution in [0, 0.1) is 13.8 Å². The van der Waals surface area contributed by atoms with Crippen LogP contribution in [0.25, 0.3) is 0 Å². The lowest BCUT2D eigenvalue weighted by molar-refractivity contribution is 0.315. The molecule has 7 nitrogen and oxygen atoms in total. The summed E-state index contributed by atoms with van der Waals surface area (Å²) in [5.41, 5.74) is 8.19. The third-order valence-corrected chi connectivity index (χ3v) is 3.99. The van der Waals surface area contributed by atoms with Crippen LogP contribution in [0.3, 0.4) is 0 Å². The topological polar surface area (TPSA) is 90.9 Å². The fraction of sp³-hybridized carbons (Fsp3) is 0.615. The van der Waals surface area contributed by atoms with Crippen molar-refractivity contribution in [1.82, 2.24) is 15.1 Å². The molecule has 1 aromatic rings. The zero-order chi connectivity index (χ0) is 14.9. The van der Waals surface area contributed by atoms with E-state index >= 15 is 0 Å². The Bertz CT molecular complexity index is 528. The lowest BCUT2D eigenvalue weighted by Gasteiger charge is -2.23. The van der Waals surface area contributed by atoms with E-state index in [0.29, 0.717) is 17.4 Å². The summed E-state index contributed by atoms with van der Waals surface area (Å²) in [7, 11) is 4.15. The van der Waals surface area contributed by atoms with Crippen LogP contribution in [-0.2, 0) is 0 Å². The van der Waals surface area contributed by atoms with Crippen molar-refractivity contribution in [3.8, 4) is 0 Å². The number of aryl methyl sites for hydroxylation is 1. The molecule has 1 aromatic heterocycles. The van der Waals surface area contributed by atoms with Crippen LogP contribution in [-0.4, -0.2) is 59.4 Å². The van der Waals surface area contributed by atoms with Gasteiger partial charge in [0.15, 0.2) is 11.7 Å². The molecule has 2 heterocycles. The zero-order valence-electron chi connectivity index (χ0n) is 12.5. The van der Waals surface area contributed by atoms with E-state index < -0.39 is 0 Å². The van der Waals surface area contributed by atoms with Crippen LogP contribution < -0.4 is 10.6 Å². The van der Waals surface area contributed by atoms with Gasteiger partial charge in [0, 0.05) is 19.1 Å². The third-order valence-electron chi connectivity index (χ3n) is 3.99. The van der Waals surface area contributed by atoms with Gasteiger partial charge in [-0.05, 0) is 39.9 Å². The Labute approximate surface area is 119 Å². The Morgan fingerprint density at radius 1 is 1.40 bits per heavy atom. The standard InChI is InChI=1S/C13H22N6O/c1-8-9(2)15-16-13(11(8)12(14)17-20)19-6-5-10(7-19)18(3)4/h10,20H,5-7H2,1-4H3,(H2,14,17). The van der Waals surface area contributed by atoms with Gasteiger partial charge in [-0.3, -0.25) is 0 Å². The van der Waals surface area contributed by atoms with Gasteiger partial charge in [-0.25, -0.2) is 0 Å². The Balaban J connectivity index is 2.40. The largest absolute Gasteiger partial charge is 0.409 e. The van der Waals surface area contributed by atoms with E-state index in [-0.39, 0.29) is 5.84 Å². The summed E-state index contributed by atoms with van der Waals surface area (Å²) in [5, 5.41) is 20.6. The molecule has 0 aliphatic carbocycles. The molecule has 0 saturated carbocycles. The number of nitrogens with zero attached hydrogens (tertiary/aromatic N) is 5. The summed E-state index contributed by atoms with van der Waals surface area (Å²) in [6, 6.07) is 0.485. The SMILES string of the molecule is Cc1nnc(N2CCC(N(C)C)C2)c(C(N)=NO)c1C. The van der Waals surface area contributed by atoms with Gasteiger partial charge < -0.3 is 20.7 Å². The van der Waals surface area contributed by atoms with Crippen molar-refractivity contribution in [2.45, 2.75) is 26.3 Å². The highest BCUT2D eigenvalue weighted by molar-refractivity contribution is 6.02. The van der Waals surface area contributed by atoms with Crippen LogP contribution in [0.2, 0.25) is 0 Å². The molecule has 3 N–H and O–H groups in total. The summed E-state index contributed by atoms with van der Waals surface area (Å²) >= 11 is 0. The molecule has 0 spiro atoms. The lowest BCUT2D eigenvalue weighted by atomic mass is 10.1. The highest BCUT2D eigenvalue weighted by atomic mass is 16.4. The molecule has 2 rings (SSSR count). The number of anilines is 1. The first-order valence-corrected chi connectivity index (χ1v) is 6.68. The Hall–Kier alpha value is -1.89. The number of amidine groups is 1. The van der Waals surface area contributed by atoms with E-state index in [2.05, 4.69) is 39.2 Å². The first-order chi connectivity index (χ1) is 9.45. The van der Waals surface area contributed by atoms with Gasteiger partial charge in [0.05, 0.1) is 11.3 Å². The number of rotatable bonds is 3.